The van der Waals surface area contributed by atoms with Crippen LogP contribution in [0.1, 0.15) is 55.3 Å². The molecule has 4 nitrogen and oxygen atoms in total. The Hall–Kier alpha value is -1.32. The Labute approximate surface area is 101 Å². The van der Waals surface area contributed by atoms with Crippen molar-refractivity contribution < 1.29 is 9.21 Å². The summed E-state index contributed by atoms with van der Waals surface area (Å²) in [5, 5.41) is 3.04. The van der Waals surface area contributed by atoms with E-state index in [1.54, 1.807) is 0 Å². The molecule has 3 rings (SSSR count). The molecule has 1 N–H and O–H groups in total. The van der Waals surface area contributed by atoms with Gasteiger partial charge >= 0.3 is 0 Å². The van der Waals surface area contributed by atoms with Crippen LogP contribution in [0.15, 0.2) is 10.8 Å². The SMILES string of the molecule is CC(C)[C@H]1C[C@@H]1NC(=O)c1ocnc1C1CC1. The number of oxazole rings is 1. The number of rotatable bonds is 4. The zero-order valence-corrected chi connectivity index (χ0v) is 10.3. The highest BCUT2D eigenvalue weighted by Gasteiger charge is 2.41. The van der Waals surface area contributed by atoms with Gasteiger partial charge in [0.2, 0.25) is 5.76 Å². The van der Waals surface area contributed by atoms with Crippen molar-refractivity contribution >= 4 is 5.91 Å². The molecule has 0 bridgehead atoms. The third kappa shape index (κ3) is 2.08. The van der Waals surface area contributed by atoms with Crippen LogP contribution in [0.2, 0.25) is 0 Å². The number of hydrogen-bond donors (Lipinski definition) is 1. The lowest BCUT2D eigenvalue weighted by atomic mass is 10.1. The summed E-state index contributed by atoms with van der Waals surface area (Å²) >= 11 is 0. The molecule has 1 heterocycles. The predicted octanol–water partition coefficient (Wildman–Crippen LogP) is 2.33. The van der Waals surface area contributed by atoms with E-state index in [1.807, 2.05) is 0 Å². The number of hydrogen-bond acceptors (Lipinski definition) is 3. The molecule has 0 radical (unpaired) electrons. The average Bonchev–Trinajstić information content (AvgIpc) is 3.19. The normalized spacial score (nSPS) is 27.2. The van der Waals surface area contributed by atoms with Crippen LogP contribution in [0.5, 0.6) is 0 Å². The number of amides is 1. The lowest BCUT2D eigenvalue weighted by molar-refractivity contribution is 0.0919. The minimum absolute atomic E-state index is 0.0856. The summed E-state index contributed by atoms with van der Waals surface area (Å²) in [7, 11) is 0. The molecule has 92 valence electrons. The summed E-state index contributed by atoms with van der Waals surface area (Å²) in [4.78, 5) is 16.2. The van der Waals surface area contributed by atoms with Crippen LogP contribution < -0.4 is 5.32 Å². The first-order chi connectivity index (χ1) is 8.16. The first-order valence-electron chi connectivity index (χ1n) is 6.41. The van der Waals surface area contributed by atoms with Gasteiger partial charge in [-0.25, -0.2) is 4.98 Å². The standard InChI is InChI=1S/C13H18N2O2/c1-7(2)9-5-10(9)15-13(16)12-11(8-3-4-8)14-6-17-12/h6-10H,3-5H2,1-2H3,(H,15,16)/t9-,10+/m1/s1. The molecule has 2 aliphatic carbocycles. The molecule has 17 heavy (non-hydrogen) atoms. The largest absolute Gasteiger partial charge is 0.438 e. The Morgan fingerprint density at radius 2 is 2.29 bits per heavy atom. The summed E-state index contributed by atoms with van der Waals surface area (Å²) in [6.45, 7) is 4.39. The molecular formula is C13H18N2O2. The van der Waals surface area contributed by atoms with Crippen LogP contribution in [-0.4, -0.2) is 16.9 Å². The molecule has 2 aliphatic rings. The third-order valence-electron chi connectivity index (χ3n) is 3.78. The number of carbonyl (C=O) groups excluding carboxylic acids is 1. The monoisotopic (exact) mass is 234 g/mol. The van der Waals surface area contributed by atoms with Gasteiger partial charge in [0.1, 0.15) is 0 Å². The van der Waals surface area contributed by atoms with Crippen molar-refractivity contribution in [1.29, 1.82) is 0 Å². The van der Waals surface area contributed by atoms with Gasteiger partial charge in [0.05, 0.1) is 5.69 Å². The van der Waals surface area contributed by atoms with Crippen LogP contribution in [0, 0.1) is 11.8 Å². The molecule has 0 unspecified atom stereocenters. The van der Waals surface area contributed by atoms with Gasteiger partial charge in [-0.1, -0.05) is 13.8 Å². The van der Waals surface area contributed by atoms with Gasteiger partial charge in [-0.2, -0.15) is 0 Å². The fourth-order valence-corrected chi connectivity index (χ4v) is 2.42. The van der Waals surface area contributed by atoms with E-state index in [2.05, 4.69) is 24.1 Å². The van der Waals surface area contributed by atoms with Gasteiger partial charge < -0.3 is 9.73 Å². The van der Waals surface area contributed by atoms with Gasteiger partial charge in [0, 0.05) is 12.0 Å². The van der Waals surface area contributed by atoms with Crippen LogP contribution in [-0.2, 0) is 0 Å². The van der Waals surface area contributed by atoms with Crippen LogP contribution in [0.4, 0.5) is 0 Å². The zero-order chi connectivity index (χ0) is 12.0. The van der Waals surface area contributed by atoms with Gasteiger partial charge in [0.15, 0.2) is 6.39 Å². The first-order valence-corrected chi connectivity index (χ1v) is 6.41. The van der Waals surface area contributed by atoms with E-state index in [0.717, 1.165) is 25.0 Å². The summed E-state index contributed by atoms with van der Waals surface area (Å²) in [5.74, 6) is 2.07. The quantitative estimate of drug-likeness (QED) is 0.869. The summed E-state index contributed by atoms with van der Waals surface area (Å²) in [6, 6.07) is 0.333. The molecule has 2 atom stereocenters. The Balaban J connectivity index is 1.64. The fourth-order valence-electron chi connectivity index (χ4n) is 2.42. The lowest BCUT2D eigenvalue weighted by Crippen LogP contribution is -2.28. The summed E-state index contributed by atoms with van der Waals surface area (Å²) in [6.07, 6.45) is 4.74. The Bertz CT molecular complexity index is 434. The maximum Gasteiger partial charge on any atom is 0.289 e. The second kappa shape index (κ2) is 3.86. The van der Waals surface area contributed by atoms with E-state index in [4.69, 9.17) is 4.42 Å². The van der Waals surface area contributed by atoms with Gasteiger partial charge in [-0.05, 0) is 31.1 Å². The topological polar surface area (TPSA) is 55.1 Å². The van der Waals surface area contributed by atoms with Gasteiger partial charge in [-0.3, -0.25) is 4.79 Å². The van der Waals surface area contributed by atoms with Crippen LogP contribution >= 0.6 is 0 Å². The van der Waals surface area contributed by atoms with Crippen LogP contribution in [0.3, 0.4) is 0 Å². The maximum atomic E-state index is 12.0. The highest BCUT2D eigenvalue weighted by Crippen LogP contribution is 2.41. The Morgan fingerprint density at radius 1 is 1.53 bits per heavy atom. The molecule has 4 heteroatoms. The second-order valence-electron chi connectivity index (χ2n) is 5.56. The van der Waals surface area contributed by atoms with Crippen molar-refractivity contribution in [2.75, 3.05) is 0 Å². The predicted molar refractivity (Wildman–Crippen MR) is 62.7 cm³/mol. The van der Waals surface area contributed by atoms with Gasteiger partial charge in [-0.15, -0.1) is 0 Å². The Morgan fingerprint density at radius 3 is 2.88 bits per heavy atom. The summed E-state index contributed by atoms with van der Waals surface area (Å²) < 4.78 is 5.23. The second-order valence-corrected chi connectivity index (χ2v) is 5.56. The average molecular weight is 234 g/mol. The lowest BCUT2D eigenvalue weighted by Gasteiger charge is -2.05. The number of nitrogens with one attached hydrogen (secondary N) is 1. The fraction of sp³-hybridized carbons (Fsp3) is 0.692. The molecule has 2 saturated carbocycles. The Kier molecular flexibility index (Phi) is 2.45. The first kappa shape index (κ1) is 10.8. The molecule has 0 aromatic carbocycles. The number of nitrogens with zero attached hydrogens (tertiary/aromatic N) is 1. The van der Waals surface area contributed by atoms with E-state index in [9.17, 15) is 4.79 Å². The van der Waals surface area contributed by atoms with Crippen molar-refractivity contribution in [2.45, 2.75) is 45.1 Å². The smallest absolute Gasteiger partial charge is 0.289 e. The van der Waals surface area contributed by atoms with E-state index in [-0.39, 0.29) is 5.91 Å². The molecule has 1 amide bonds. The van der Waals surface area contributed by atoms with Crippen LogP contribution in [0.25, 0.3) is 0 Å². The molecule has 1 aromatic heterocycles. The molecule has 1 aromatic rings. The van der Waals surface area contributed by atoms with E-state index >= 15 is 0 Å². The van der Waals surface area contributed by atoms with E-state index < -0.39 is 0 Å². The molecule has 0 spiro atoms. The minimum atomic E-state index is -0.0856. The van der Waals surface area contributed by atoms with Crippen molar-refractivity contribution in [3.8, 4) is 0 Å². The highest BCUT2D eigenvalue weighted by atomic mass is 16.3. The molecular weight excluding hydrogens is 216 g/mol. The number of aromatic nitrogens is 1. The molecule has 0 saturated heterocycles. The minimum Gasteiger partial charge on any atom is -0.438 e. The number of carbonyl (C=O) groups is 1. The highest BCUT2D eigenvalue weighted by molar-refractivity contribution is 5.93. The summed E-state index contributed by atoms with van der Waals surface area (Å²) in [5.41, 5.74) is 0.851. The molecule has 2 fully saturated rings. The van der Waals surface area contributed by atoms with E-state index in [0.29, 0.717) is 29.6 Å². The molecule has 0 aliphatic heterocycles. The van der Waals surface area contributed by atoms with Gasteiger partial charge in [0.25, 0.3) is 5.91 Å². The van der Waals surface area contributed by atoms with Crippen molar-refractivity contribution in [3.05, 3.63) is 17.8 Å². The van der Waals surface area contributed by atoms with Crippen molar-refractivity contribution in [3.63, 3.8) is 0 Å². The van der Waals surface area contributed by atoms with Crippen molar-refractivity contribution in [2.24, 2.45) is 11.8 Å². The third-order valence-corrected chi connectivity index (χ3v) is 3.78. The maximum absolute atomic E-state index is 12.0. The van der Waals surface area contributed by atoms with Crippen molar-refractivity contribution in [1.82, 2.24) is 10.3 Å². The van der Waals surface area contributed by atoms with E-state index in [1.165, 1.54) is 6.39 Å². The zero-order valence-electron chi connectivity index (χ0n) is 10.3.